The van der Waals surface area contributed by atoms with Crippen LogP contribution >= 0.6 is 0 Å². The van der Waals surface area contributed by atoms with E-state index in [9.17, 15) is 9.90 Å². The van der Waals surface area contributed by atoms with Gasteiger partial charge in [-0.2, -0.15) is 0 Å². The third-order valence-corrected chi connectivity index (χ3v) is 3.77. The van der Waals surface area contributed by atoms with Crippen LogP contribution in [0.2, 0.25) is 0 Å². The van der Waals surface area contributed by atoms with E-state index in [-0.39, 0.29) is 24.3 Å². The molecule has 2 aliphatic heterocycles. The van der Waals surface area contributed by atoms with Crippen LogP contribution in [0, 0.1) is 11.8 Å². The Morgan fingerprint density at radius 2 is 2.13 bits per heavy atom. The number of aliphatic hydroxyl groups excluding tert-OH is 1. The van der Waals surface area contributed by atoms with Crippen molar-refractivity contribution in [2.24, 2.45) is 11.8 Å². The molecule has 5 atom stereocenters. The zero-order valence-electron chi connectivity index (χ0n) is 9.30. The van der Waals surface area contributed by atoms with Crippen molar-refractivity contribution in [1.29, 1.82) is 0 Å². The molecule has 0 spiro atoms. The molecule has 84 valence electrons. The average Bonchev–Trinajstić information content (AvgIpc) is 2.41. The van der Waals surface area contributed by atoms with Gasteiger partial charge in [0.25, 0.3) is 0 Å². The number of nitrogens with zero attached hydrogens (tertiary/aromatic N) is 1. The Labute approximate surface area is 89.2 Å². The molecule has 2 saturated heterocycles. The molecule has 0 radical (unpaired) electrons. The van der Waals surface area contributed by atoms with Gasteiger partial charge in [0.1, 0.15) is 5.60 Å². The molecule has 4 bridgehead atoms. The molecular weight excluding hydrogens is 194 g/mol. The Hall–Kier alpha value is -0.770. The minimum atomic E-state index is -0.445. The summed E-state index contributed by atoms with van der Waals surface area (Å²) in [5.74, 6) is 0.903. The Bertz CT molecular complexity index is 322. The molecule has 4 aliphatic rings. The van der Waals surface area contributed by atoms with Gasteiger partial charge in [-0.25, -0.2) is 4.79 Å². The molecule has 4 fully saturated rings. The summed E-state index contributed by atoms with van der Waals surface area (Å²) >= 11 is 0. The lowest BCUT2D eigenvalue weighted by atomic mass is 10.2. The summed E-state index contributed by atoms with van der Waals surface area (Å²) in [6.45, 7) is 5.60. The van der Waals surface area contributed by atoms with Gasteiger partial charge < -0.3 is 9.84 Å². The standard InChI is InChI=1S/C11H17NO3/c1-11(2,3)15-10(14)12-6-4-5-7(8(5)12)9(6)13/h5-9,13H,4H2,1-3H3. The topological polar surface area (TPSA) is 49.8 Å². The van der Waals surface area contributed by atoms with Crippen molar-refractivity contribution in [3.63, 3.8) is 0 Å². The lowest BCUT2D eigenvalue weighted by Crippen LogP contribution is -2.41. The van der Waals surface area contributed by atoms with E-state index in [4.69, 9.17) is 4.74 Å². The molecule has 2 aliphatic carbocycles. The molecule has 4 heteroatoms. The fourth-order valence-electron chi connectivity index (χ4n) is 3.27. The van der Waals surface area contributed by atoms with Crippen molar-refractivity contribution in [3.8, 4) is 0 Å². The normalized spacial score (nSPS) is 45.9. The number of amides is 1. The first kappa shape index (κ1) is 9.46. The predicted octanol–water partition coefficient (Wildman–Crippen LogP) is 0.985. The van der Waals surface area contributed by atoms with Crippen LogP contribution in [0.15, 0.2) is 0 Å². The van der Waals surface area contributed by atoms with Gasteiger partial charge in [-0.1, -0.05) is 0 Å². The molecule has 1 N–H and O–H groups in total. The van der Waals surface area contributed by atoms with Gasteiger partial charge in [0.05, 0.1) is 12.1 Å². The summed E-state index contributed by atoms with van der Waals surface area (Å²) in [6.07, 6.45) is 0.419. The summed E-state index contributed by atoms with van der Waals surface area (Å²) < 4.78 is 5.34. The average molecular weight is 211 g/mol. The number of rotatable bonds is 0. The van der Waals surface area contributed by atoms with E-state index in [2.05, 4.69) is 0 Å². The second kappa shape index (κ2) is 2.48. The fourth-order valence-corrected chi connectivity index (χ4v) is 3.27. The van der Waals surface area contributed by atoms with Gasteiger partial charge in [0.2, 0.25) is 0 Å². The van der Waals surface area contributed by atoms with Crippen molar-refractivity contribution in [3.05, 3.63) is 0 Å². The fraction of sp³-hybridized carbons (Fsp3) is 0.909. The summed E-state index contributed by atoms with van der Waals surface area (Å²) in [6, 6.07) is 0.305. The summed E-state index contributed by atoms with van der Waals surface area (Å²) in [4.78, 5) is 13.6. The highest BCUT2D eigenvalue weighted by molar-refractivity contribution is 5.72. The molecule has 4 rings (SSSR count). The third kappa shape index (κ3) is 1.14. The first-order chi connectivity index (χ1) is 6.90. The SMILES string of the molecule is CC(C)(C)OC(=O)N1C2CC3C(C2O)C31. The molecule has 2 heterocycles. The lowest BCUT2D eigenvalue weighted by Gasteiger charge is -2.27. The minimum Gasteiger partial charge on any atom is -0.444 e. The molecular formula is C11H17NO3. The maximum Gasteiger partial charge on any atom is 0.410 e. The first-order valence-corrected chi connectivity index (χ1v) is 5.59. The van der Waals surface area contributed by atoms with Crippen molar-refractivity contribution in [2.45, 2.75) is 51.0 Å². The molecule has 4 nitrogen and oxygen atoms in total. The predicted molar refractivity (Wildman–Crippen MR) is 53.3 cm³/mol. The maximum atomic E-state index is 11.9. The Balaban J connectivity index is 1.73. The molecule has 0 aromatic heterocycles. The largest absolute Gasteiger partial charge is 0.444 e. The van der Waals surface area contributed by atoms with E-state index in [1.807, 2.05) is 20.8 Å². The van der Waals surface area contributed by atoms with Crippen molar-refractivity contribution in [2.75, 3.05) is 0 Å². The number of piperidine rings is 2. The highest BCUT2D eigenvalue weighted by atomic mass is 16.6. The van der Waals surface area contributed by atoms with Crippen molar-refractivity contribution in [1.82, 2.24) is 4.90 Å². The van der Waals surface area contributed by atoms with Crippen molar-refractivity contribution >= 4 is 6.09 Å². The minimum absolute atomic E-state index is 0.0276. The number of carbonyl (C=O) groups is 1. The molecule has 1 amide bonds. The summed E-state index contributed by atoms with van der Waals surface area (Å²) in [7, 11) is 0. The number of aliphatic hydroxyl groups is 1. The highest BCUT2D eigenvalue weighted by Crippen LogP contribution is 2.64. The van der Waals surface area contributed by atoms with E-state index in [1.54, 1.807) is 4.90 Å². The second-order valence-electron chi connectivity index (χ2n) is 5.91. The van der Waals surface area contributed by atoms with E-state index in [0.29, 0.717) is 11.8 Å². The number of ether oxygens (including phenoxy) is 1. The zero-order chi connectivity index (χ0) is 11.0. The molecule has 5 unspecified atom stereocenters. The van der Waals surface area contributed by atoms with Crippen LogP contribution in [0.5, 0.6) is 0 Å². The van der Waals surface area contributed by atoms with E-state index < -0.39 is 5.60 Å². The van der Waals surface area contributed by atoms with Gasteiger partial charge in [-0.05, 0) is 33.1 Å². The molecule has 15 heavy (non-hydrogen) atoms. The van der Waals surface area contributed by atoms with Gasteiger partial charge in [0.15, 0.2) is 0 Å². The van der Waals surface area contributed by atoms with Crippen LogP contribution in [-0.4, -0.2) is 39.9 Å². The lowest BCUT2D eigenvalue weighted by molar-refractivity contribution is 0.0163. The molecule has 0 aromatic rings. The number of hydrogen-bond donors (Lipinski definition) is 1. The van der Waals surface area contributed by atoms with Crippen LogP contribution in [0.1, 0.15) is 27.2 Å². The smallest absolute Gasteiger partial charge is 0.410 e. The highest BCUT2D eigenvalue weighted by Gasteiger charge is 2.74. The second-order valence-corrected chi connectivity index (χ2v) is 5.91. The monoisotopic (exact) mass is 211 g/mol. The number of hydrogen-bond acceptors (Lipinski definition) is 3. The summed E-state index contributed by atoms with van der Waals surface area (Å²) in [5, 5.41) is 9.82. The Morgan fingerprint density at radius 1 is 1.47 bits per heavy atom. The molecule has 2 saturated carbocycles. The Morgan fingerprint density at radius 3 is 2.47 bits per heavy atom. The number of carbonyl (C=O) groups excluding carboxylic acids is 1. The Kier molecular flexibility index (Phi) is 1.57. The van der Waals surface area contributed by atoms with Crippen LogP contribution in [-0.2, 0) is 4.74 Å². The van der Waals surface area contributed by atoms with Crippen LogP contribution in [0.25, 0.3) is 0 Å². The van der Waals surface area contributed by atoms with E-state index >= 15 is 0 Å². The summed E-state index contributed by atoms with van der Waals surface area (Å²) in [5.41, 5.74) is -0.445. The zero-order valence-corrected chi connectivity index (χ0v) is 9.30. The van der Waals surface area contributed by atoms with Gasteiger partial charge in [-0.15, -0.1) is 0 Å². The van der Waals surface area contributed by atoms with Crippen LogP contribution in [0.3, 0.4) is 0 Å². The maximum absolute atomic E-state index is 11.9. The van der Waals surface area contributed by atoms with Gasteiger partial charge in [0, 0.05) is 12.0 Å². The van der Waals surface area contributed by atoms with E-state index in [0.717, 1.165) is 6.42 Å². The van der Waals surface area contributed by atoms with E-state index in [1.165, 1.54) is 0 Å². The van der Waals surface area contributed by atoms with Gasteiger partial charge >= 0.3 is 6.09 Å². The third-order valence-electron chi connectivity index (χ3n) is 3.77. The molecule has 0 aromatic carbocycles. The van der Waals surface area contributed by atoms with Crippen LogP contribution < -0.4 is 0 Å². The quantitative estimate of drug-likeness (QED) is 0.650. The van der Waals surface area contributed by atoms with Gasteiger partial charge in [-0.3, -0.25) is 4.90 Å². The van der Waals surface area contributed by atoms with Crippen molar-refractivity contribution < 1.29 is 14.6 Å². The first-order valence-electron chi connectivity index (χ1n) is 5.59. The van der Waals surface area contributed by atoms with Crippen LogP contribution in [0.4, 0.5) is 4.79 Å².